The molecule has 8 heteroatoms. The largest absolute Gasteiger partial charge is 0.469 e. The summed E-state index contributed by atoms with van der Waals surface area (Å²) < 4.78 is 28.7. The van der Waals surface area contributed by atoms with E-state index in [1.807, 2.05) is 51.1 Å². The quantitative estimate of drug-likeness (QED) is 0.291. The summed E-state index contributed by atoms with van der Waals surface area (Å²) in [5.41, 5.74) is 0.480. The van der Waals surface area contributed by atoms with Crippen molar-refractivity contribution in [2.24, 2.45) is 5.92 Å². The molecule has 0 radical (unpaired) electrons. The van der Waals surface area contributed by atoms with Crippen LogP contribution in [0.15, 0.2) is 30.3 Å². The Bertz CT molecular complexity index is 771. The summed E-state index contributed by atoms with van der Waals surface area (Å²) in [6.45, 7) is 6.66. The monoisotopic (exact) mass is 477 g/mol. The van der Waals surface area contributed by atoms with Crippen molar-refractivity contribution in [3.63, 3.8) is 0 Å². The maximum atomic E-state index is 12.8. The maximum Gasteiger partial charge on any atom is 0.410 e. The van der Waals surface area contributed by atoms with Crippen molar-refractivity contribution in [1.29, 1.82) is 0 Å². The van der Waals surface area contributed by atoms with Gasteiger partial charge < -0.3 is 28.6 Å². The van der Waals surface area contributed by atoms with Crippen LogP contribution in [-0.2, 0) is 35.1 Å². The van der Waals surface area contributed by atoms with Crippen LogP contribution in [0.25, 0.3) is 0 Å². The number of likely N-dealkylation sites (tertiary alicyclic amines) is 1. The summed E-state index contributed by atoms with van der Waals surface area (Å²) >= 11 is 0. The van der Waals surface area contributed by atoms with Gasteiger partial charge in [-0.1, -0.05) is 30.3 Å². The molecular weight excluding hydrogens is 438 g/mol. The van der Waals surface area contributed by atoms with Gasteiger partial charge in [0.15, 0.2) is 6.29 Å². The van der Waals surface area contributed by atoms with Crippen LogP contribution in [0.5, 0.6) is 0 Å². The maximum absolute atomic E-state index is 12.8. The van der Waals surface area contributed by atoms with Crippen molar-refractivity contribution in [3.05, 3.63) is 35.9 Å². The van der Waals surface area contributed by atoms with E-state index in [0.717, 1.165) is 44.1 Å². The highest BCUT2D eigenvalue weighted by Crippen LogP contribution is 2.31. The van der Waals surface area contributed by atoms with E-state index in [4.69, 9.17) is 23.7 Å². The number of ether oxygens (including phenoxy) is 5. The number of hydrogen-bond acceptors (Lipinski definition) is 7. The number of esters is 1. The van der Waals surface area contributed by atoms with E-state index in [9.17, 15) is 9.59 Å². The number of hydrogen-bond donors (Lipinski definition) is 0. The van der Waals surface area contributed by atoms with E-state index < -0.39 is 11.9 Å². The molecule has 0 spiro atoms. The topological polar surface area (TPSA) is 83.5 Å². The molecule has 2 fully saturated rings. The van der Waals surface area contributed by atoms with Crippen molar-refractivity contribution in [1.82, 2.24) is 4.90 Å². The van der Waals surface area contributed by atoms with E-state index in [-0.39, 0.29) is 36.9 Å². The predicted octanol–water partition coefficient (Wildman–Crippen LogP) is 4.65. The van der Waals surface area contributed by atoms with Gasteiger partial charge in [0.1, 0.15) is 12.4 Å². The van der Waals surface area contributed by atoms with Crippen LogP contribution in [0.1, 0.15) is 64.9 Å². The van der Waals surface area contributed by atoms with E-state index in [2.05, 4.69) is 0 Å². The normalized spacial score (nSPS) is 24.0. The predicted molar refractivity (Wildman–Crippen MR) is 126 cm³/mol. The number of amides is 1. The van der Waals surface area contributed by atoms with Crippen LogP contribution in [0.3, 0.4) is 0 Å². The summed E-state index contributed by atoms with van der Waals surface area (Å²) in [5.74, 6) is -0.240. The van der Waals surface area contributed by atoms with Gasteiger partial charge in [0, 0.05) is 6.54 Å². The standard InChI is InChI=1S/C26H39NO7/c1-26(2,3)34-25(29)27-16-8-11-22(27)24(32-18-31-17-19-9-6-5-7-10-19)33-21-14-12-20(13-15-21)23(28)30-4/h5-7,9-10,20-22,24H,8,11-18H2,1-4H3/t20?,21?,22-,24?/m0/s1. The van der Waals surface area contributed by atoms with E-state index in [1.54, 1.807) is 4.90 Å². The van der Waals surface area contributed by atoms with E-state index in [1.165, 1.54) is 7.11 Å². The Balaban J connectivity index is 1.61. The fraction of sp³-hybridized carbons (Fsp3) is 0.692. The van der Waals surface area contributed by atoms with Crippen LogP contribution in [0, 0.1) is 5.92 Å². The lowest BCUT2D eigenvalue weighted by Gasteiger charge is -2.36. The lowest BCUT2D eigenvalue weighted by atomic mass is 9.87. The molecule has 1 saturated heterocycles. The number of nitrogens with zero attached hydrogens (tertiary/aromatic N) is 1. The number of benzene rings is 1. The van der Waals surface area contributed by atoms with Gasteiger partial charge in [0.2, 0.25) is 0 Å². The molecule has 0 aromatic heterocycles. The third-order valence-corrected chi connectivity index (χ3v) is 6.20. The summed E-state index contributed by atoms with van der Waals surface area (Å²) in [5, 5.41) is 0. The third kappa shape index (κ3) is 7.96. The molecule has 2 atom stereocenters. The van der Waals surface area contributed by atoms with Gasteiger partial charge in [-0.25, -0.2) is 4.79 Å². The summed E-state index contributed by atoms with van der Waals surface area (Å²) in [4.78, 5) is 26.4. The molecule has 1 aromatic carbocycles. The molecule has 1 amide bonds. The van der Waals surface area contributed by atoms with Gasteiger partial charge in [0.05, 0.1) is 31.8 Å². The highest BCUT2D eigenvalue weighted by atomic mass is 16.8. The Hall–Kier alpha value is -2.16. The van der Waals surface area contributed by atoms with Crippen molar-refractivity contribution in [2.75, 3.05) is 20.4 Å². The van der Waals surface area contributed by atoms with Gasteiger partial charge in [-0.05, 0) is 64.9 Å². The van der Waals surface area contributed by atoms with Crippen LogP contribution < -0.4 is 0 Å². The number of carbonyl (C=O) groups is 2. The summed E-state index contributed by atoms with van der Waals surface area (Å²) in [6.07, 6.45) is 3.49. The minimum Gasteiger partial charge on any atom is -0.469 e. The molecule has 190 valence electrons. The molecule has 2 aliphatic rings. The number of carbonyl (C=O) groups excluding carboxylic acids is 2. The molecule has 0 N–H and O–H groups in total. The highest BCUT2D eigenvalue weighted by Gasteiger charge is 2.40. The number of rotatable bonds is 9. The van der Waals surface area contributed by atoms with Crippen LogP contribution in [-0.4, -0.2) is 61.4 Å². The Morgan fingerprint density at radius 3 is 2.41 bits per heavy atom. The molecule has 8 nitrogen and oxygen atoms in total. The second-order valence-corrected chi connectivity index (χ2v) is 10.0. The zero-order chi connectivity index (χ0) is 24.6. The molecule has 34 heavy (non-hydrogen) atoms. The molecule has 1 saturated carbocycles. The fourth-order valence-corrected chi connectivity index (χ4v) is 4.50. The number of methoxy groups -OCH3 is 1. The van der Waals surface area contributed by atoms with Crippen LogP contribution in [0.2, 0.25) is 0 Å². The first-order valence-electron chi connectivity index (χ1n) is 12.2. The van der Waals surface area contributed by atoms with E-state index in [0.29, 0.717) is 13.2 Å². The molecule has 1 aliphatic heterocycles. The Kier molecular flexibility index (Phi) is 9.74. The highest BCUT2D eigenvalue weighted by molar-refractivity contribution is 5.72. The lowest BCUT2D eigenvalue weighted by Crippen LogP contribution is -2.48. The smallest absolute Gasteiger partial charge is 0.410 e. The van der Waals surface area contributed by atoms with Crippen LogP contribution >= 0.6 is 0 Å². The second kappa shape index (κ2) is 12.5. The Labute approximate surface area is 202 Å². The lowest BCUT2D eigenvalue weighted by molar-refractivity contribution is -0.239. The Morgan fingerprint density at radius 2 is 1.76 bits per heavy atom. The Morgan fingerprint density at radius 1 is 1.06 bits per heavy atom. The van der Waals surface area contributed by atoms with Crippen molar-refractivity contribution >= 4 is 12.1 Å². The zero-order valence-electron chi connectivity index (χ0n) is 20.9. The fourth-order valence-electron chi connectivity index (χ4n) is 4.50. The van der Waals surface area contributed by atoms with E-state index >= 15 is 0 Å². The van der Waals surface area contributed by atoms with Gasteiger partial charge in [-0.15, -0.1) is 0 Å². The molecule has 1 heterocycles. The summed E-state index contributed by atoms with van der Waals surface area (Å²) in [7, 11) is 1.43. The molecule has 1 aliphatic carbocycles. The minimum absolute atomic E-state index is 0.0513. The first-order chi connectivity index (χ1) is 16.3. The molecule has 1 aromatic rings. The van der Waals surface area contributed by atoms with Gasteiger partial charge >= 0.3 is 12.1 Å². The molecular formula is C26H39NO7. The SMILES string of the molecule is COC(=O)C1CCC(OC(OCOCc2ccccc2)[C@@H]2CCCN2C(=O)OC(C)(C)C)CC1. The third-order valence-electron chi connectivity index (χ3n) is 6.20. The second-order valence-electron chi connectivity index (χ2n) is 10.0. The van der Waals surface area contributed by atoms with Gasteiger partial charge in [-0.3, -0.25) is 4.79 Å². The van der Waals surface area contributed by atoms with Crippen molar-refractivity contribution in [3.8, 4) is 0 Å². The van der Waals surface area contributed by atoms with Crippen molar-refractivity contribution in [2.45, 2.75) is 89.9 Å². The molecule has 3 rings (SSSR count). The van der Waals surface area contributed by atoms with Gasteiger partial charge in [-0.2, -0.15) is 0 Å². The summed E-state index contributed by atoms with van der Waals surface area (Å²) in [6, 6.07) is 9.63. The van der Waals surface area contributed by atoms with Crippen molar-refractivity contribution < 1.29 is 33.3 Å². The first-order valence-corrected chi connectivity index (χ1v) is 12.2. The average Bonchev–Trinajstić information content (AvgIpc) is 3.31. The first kappa shape index (κ1) is 26.4. The average molecular weight is 478 g/mol. The van der Waals surface area contributed by atoms with Crippen LogP contribution in [0.4, 0.5) is 4.79 Å². The zero-order valence-corrected chi connectivity index (χ0v) is 20.9. The molecule has 1 unspecified atom stereocenters. The van der Waals surface area contributed by atoms with Gasteiger partial charge in [0.25, 0.3) is 0 Å². The minimum atomic E-state index is -0.634. The molecule has 0 bridgehead atoms.